The van der Waals surface area contributed by atoms with Gasteiger partial charge in [0.15, 0.2) is 6.29 Å². The number of aliphatic hydroxyl groups is 5. The van der Waals surface area contributed by atoms with Crippen LogP contribution in [0.1, 0.15) is 367 Å². The highest BCUT2D eigenvalue weighted by atomic mass is 16.7. The maximum atomic E-state index is 13.2. The molecule has 7 atom stereocenters. The van der Waals surface area contributed by atoms with Gasteiger partial charge in [-0.05, 0) is 83.5 Å². The minimum atomic E-state index is -1.58. The Morgan fingerprint density at radius 3 is 1.07 bits per heavy atom. The number of rotatable bonds is 68. The van der Waals surface area contributed by atoms with Gasteiger partial charge in [-0.2, -0.15) is 0 Å². The van der Waals surface area contributed by atoms with Gasteiger partial charge >= 0.3 is 0 Å². The van der Waals surface area contributed by atoms with E-state index in [1.54, 1.807) is 6.08 Å². The quantitative estimate of drug-likeness (QED) is 0.0261. The smallest absolute Gasteiger partial charge is 0.220 e. The fourth-order valence-electron chi connectivity index (χ4n) is 12.2. The number of carbonyl (C=O) groups is 1. The number of hydrogen-bond acceptors (Lipinski definition) is 8. The van der Waals surface area contributed by atoms with Crippen molar-refractivity contribution in [1.29, 1.82) is 0 Å². The Balaban J connectivity index is 2.10. The number of nitrogens with one attached hydrogen (secondary N) is 1. The summed E-state index contributed by atoms with van der Waals surface area (Å²) in [6.07, 6.45) is 93.0. The van der Waals surface area contributed by atoms with Crippen molar-refractivity contribution in [3.05, 3.63) is 85.1 Å². The van der Waals surface area contributed by atoms with Crippen LogP contribution in [0.15, 0.2) is 85.1 Å². The second-order valence-corrected chi connectivity index (χ2v) is 26.8. The summed E-state index contributed by atoms with van der Waals surface area (Å²) >= 11 is 0. The molecule has 9 heteroatoms. The van der Waals surface area contributed by atoms with E-state index in [4.69, 9.17) is 9.47 Å². The third-order valence-electron chi connectivity index (χ3n) is 18.2. The Morgan fingerprint density at radius 1 is 0.389 bits per heavy atom. The molecule has 6 N–H and O–H groups in total. The molecule has 0 aliphatic carbocycles. The SMILES string of the molecule is CC/C=C\C/C=C\C/C=C\C/C=C\CCCCCCCCCCCCCCCCCCCCCCCCCCC(=O)NC(COC1OC(CO)C(O)C(O)C1O)C(O)/C=C/CC/C=C/CC/C=C/CCCCCCCCCCCCCCCCCCCCCC. The summed E-state index contributed by atoms with van der Waals surface area (Å²) in [4.78, 5) is 13.2. The van der Waals surface area contributed by atoms with Crippen LogP contribution in [0.3, 0.4) is 0 Å². The summed E-state index contributed by atoms with van der Waals surface area (Å²) in [5.41, 5.74) is 0. The summed E-state index contributed by atoms with van der Waals surface area (Å²) in [5.74, 6) is -0.185. The fourth-order valence-corrected chi connectivity index (χ4v) is 12.2. The van der Waals surface area contributed by atoms with Gasteiger partial charge in [0.1, 0.15) is 24.4 Å². The molecule has 1 heterocycles. The first-order valence-electron chi connectivity index (χ1n) is 38.8. The molecule has 0 saturated carbocycles. The molecule has 1 aliphatic heterocycles. The molecule has 1 rings (SSSR count). The molecule has 1 fully saturated rings. The molecule has 1 aliphatic rings. The predicted molar refractivity (Wildman–Crippen MR) is 387 cm³/mol. The summed E-state index contributed by atoms with van der Waals surface area (Å²) in [5, 5.41) is 54.8. The van der Waals surface area contributed by atoms with E-state index in [2.05, 4.69) is 92.1 Å². The molecule has 0 aromatic rings. The number of hydrogen-bond donors (Lipinski definition) is 6. The summed E-state index contributed by atoms with van der Waals surface area (Å²) < 4.78 is 11.3. The van der Waals surface area contributed by atoms with Crippen LogP contribution < -0.4 is 5.32 Å². The Labute approximate surface area is 556 Å². The number of carbonyl (C=O) groups excluding carboxylic acids is 1. The van der Waals surface area contributed by atoms with Crippen LogP contribution in [0.2, 0.25) is 0 Å². The average Bonchev–Trinajstić information content (AvgIpc) is 1.28. The predicted octanol–water partition coefficient (Wildman–Crippen LogP) is 22.0. The van der Waals surface area contributed by atoms with Crippen molar-refractivity contribution in [3.8, 4) is 0 Å². The van der Waals surface area contributed by atoms with Crippen LogP contribution >= 0.6 is 0 Å². The van der Waals surface area contributed by atoms with E-state index < -0.39 is 49.5 Å². The molecule has 0 radical (unpaired) electrons. The monoisotopic (exact) mass is 1260 g/mol. The van der Waals surface area contributed by atoms with Gasteiger partial charge in [-0.25, -0.2) is 0 Å². The first kappa shape index (κ1) is 85.4. The van der Waals surface area contributed by atoms with E-state index in [0.717, 1.165) is 70.6 Å². The molecule has 1 saturated heterocycles. The van der Waals surface area contributed by atoms with Gasteiger partial charge in [-0.3, -0.25) is 4.79 Å². The van der Waals surface area contributed by atoms with Crippen molar-refractivity contribution < 1.29 is 39.8 Å². The zero-order valence-corrected chi connectivity index (χ0v) is 58.9. The van der Waals surface area contributed by atoms with E-state index in [1.165, 1.54) is 276 Å². The number of unbranched alkanes of at least 4 members (excludes halogenated alkanes) is 46. The van der Waals surface area contributed by atoms with Gasteiger partial charge in [0, 0.05) is 6.42 Å². The zero-order valence-electron chi connectivity index (χ0n) is 58.9. The van der Waals surface area contributed by atoms with E-state index in [0.29, 0.717) is 6.42 Å². The molecule has 0 spiro atoms. The lowest BCUT2D eigenvalue weighted by Crippen LogP contribution is -2.60. The molecule has 1 amide bonds. The Kier molecular flexibility index (Phi) is 65.7. The minimum Gasteiger partial charge on any atom is -0.394 e. The van der Waals surface area contributed by atoms with Gasteiger partial charge in [-0.15, -0.1) is 0 Å². The van der Waals surface area contributed by atoms with Gasteiger partial charge in [0.2, 0.25) is 5.91 Å². The van der Waals surface area contributed by atoms with Crippen LogP contribution in [-0.2, 0) is 14.3 Å². The third kappa shape index (κ3) is 56.9. The van der Waals surface area contributed by atoms with Crippen LogP contribution in [0, 0.1) is 0 Å². The molecule has 7 unspecified atom stereocenters. The van der Waals surface area contributed by atoms with Crippen LogP contribution in [0.25, 0.3) is 0 Å². The molecule has 524 valence electrons. The maximum absolute atomic E-state index is 13.2. The number of ether oxygens (including phenoxy) is 2. The fraction of sp³-hybridized carbons (Fsp3) is 0.815. The first-order valence-corrected chi connectivity index (χ1v) is 38.8. The number of aliphatic hydroxyl groups excluding tert-OH is 5. The highest BCUT2D eigenvalue weighted by molar-refractivity contribution is 5.76. The van der Waals surface area contributed by atoms with Crippen molar-refractivity contribution >= 4 is 5.91 Å². The Bertz CT molecular complexity index is 1700. The molecule has 9 nitrogen and oxygen atoms in total. The molecule has 0 aromatic heterocycles. The number of allylic oxidation sites excluding steroid dienone is 13. The normalized spacial score (nSPS) is 18.2. The second kappa shape index (κ2) is 69.2. The standard InChI is InChI=1S/C81H147NO8/c1-3-5-7-9-11-13-15-17-19-21-23-25-27-29-31-33-35-36-37-38-39-40-41-43-45-47-49-51-53-55-57-59-61-63-65-67-69-71-77(85)82-74(73-89-81-80(88)79(87)78(86)76(72-83)90-81)75(84)70-68-66-64-62-60-58-56-54-52-50-48-46-44-42-34-32-30-28-26-24-22-20-18-16-14-12-10-8-6-4-2/h5,7,11,13,17,19,23,25,52,54,60,62,68,70,74-76,78-81,83-84,86-88H,3-4,6,8-10,12,14-16,18,20-22,24,26-51,53,55-59,61,63-67,69,71-73H2,1-2H3,(H,82,85)/b7-5-,13-11-,19-17-,25-23-,54-52+,62-60+,70-68+. The minimum absolute atomic E-state index is 0.185. The van der Waals surface area contributed by atoms with E-state index in [-0.39, 0.29) is 12.5 Å². The largest absolute Gasteiger partial charge is 0.394 e. The van der Waals surface area contributed by atoms with Crippen molar-refractivity contribution in [2.24, 2.45) is 0 Å². The molecule has 90 heavy (non-hydrogen) atoms. The third-order valence-corrected chi connectivity index (χ3v) is 18.2. The lowest BCUT2D eigenvalue weighted by molar-refractivity contribution is -0.302. The second-order valence-electron chi connectivity index (χ2n) is 26.8. The number of amides is 1. The van der Waals surface area contributed by atoms with Crippen molar-refractivity contribution in [2.75, 3.05) is 13.2 Å². The maximum Gasteiger partial charge on any atom is 0.220 e. The van der Waals surface area contributed by atoms with Crippen LogP contribution in [0.4, 0.5) is 0 Å². The van der Waals surface area contributed by atoms with Crippen LogP contribution in [-0.4, -0.2) is 87.5 Å². The molecular weight excluding hydrogens is 1110 g/mol. The summed E-state index contributed by atoms with van der Waals surface area (Å²) in [7, 11) is 0. The Morgan fingerprint density at radius 2 is 0.700 bits per heavy atom. The summed E-state index contributed by atoms with van der Waals surface area (Å²) in [6.45, 7) is 3.69. The van der Waals surface area contributed by atoms with Gasteiger partial charge in [-0.1, -0.05) is 362 Å². The highest BCUT2D eigenvalue weighted by Crippen LogP contribution is 2.24. The molecule has 0 bridgehead atoms. The van der Waals surface area contributed by atoms with E-state index in [1.807, 2.05) is 6.08 Å². The van der Waals surface area contributed by atoms with Crippen molar-refractivity contribution in [1.82, 2.24) is 5.32 Å². The van der Waals surface area contributed by atoms with Crippen molar-refractivity contribution in [3.63, 3.8) is 0 Å². The Hall–Kier alpha value is -2.63. The lowest BCUT2D eigenvalue weighted by atomic mass is 9.99. The molecule has 0 aromatic carbocycles. The van der Waals surface area contributed by atoms with Gasteiger partial charge in [0.25, 0.3) is 0 Å². The van der Waals surface area contributed by atoms with Crippen molar-refractivity contribution in [2.45, 2.75) is 410 Å². The van der Waals surface area contributed by atoms with E-state index >= 15 is 0 Å². The first-order chi connectivity index (χ1) is 44.3. The van der Waals surface area contributed by atoms with Crippen LogP contribution in [0.5, 0.6) is 0 Å². The lowest BCUT2D eigenvalue weighted by Gasteiger charge is -2.40. The highest BCUT2D eigenvalue weighted by Gasteiger charge is 2.44. The van der Waals surface area contributed by atoms with Gasteiger partial charge < -0.3 is 40.3 Å². The van der Waals surface area contributed by atoms with Gasteiger partial charge in [0.05, 0.1) is 25.4 Å². The topological polar surface area (TPSA) is 149 Å². The summed E-state index contributed by atoms with van der Waals surface area (Å²) in [6, 6.07) is -0.832. The van der Waals surface area contributed by atoms with E-state index in [9.17, 15) is 30.3 Å². The average molecular weight is 1260 g/mol. The molecular formula is C81H147NO8. The zero-order chi connectivity index (χ0) is 64.9.